The van der Waals surface area contributed by atoms with E-state index < -0.39 is 0 Å². The number of nitrogens with two attached hydrogens (primary N) is 1. The van der Waals surface area contributed by atoms with Gasteiger partial charge in [0.1, 0.15) is 0 Å². The van der Waals surface area contributed by atoms with Gasteiger partial charge >= 0.3 is 0 Å². The first-order chi connectivity index (χ1) is 6.68. The Morgan fingerprint density at radius 2 is 2.50 bits per heavy atom. The highest BCUT2D eigenvalue weighted by Crippen LogP contribution is 2.10. The molecule has 1 aromatic rings. The standard InChI is InChI=1S/C9H15N3OS/c1-7-12-6-8(14-7)5-11-4-2-3-9(10)13/h6,11H,2-5H2,1H3,(H2,10,13). The Labute approximate surface area is 87.5 Å². The maximum atomic E-state index is 10.4. The van der Waals surface area contributed by atoms with Crippen molar-refractivity contribution in [3.05, 3.63) is 16.1 Å². The van der Waals surface area contributed by atoms with E-state index in [-0.39, 0.29) is 5.91 Å². The normalized spacial score (nSPS) is 10.4. The van der Waals surface area contributed by atoms with Gasteiger partial charge in [0.2, 0.25) is 5.91 Å². The second-order valence-electron chi connectivity index (χ2n) is 3.09. The molecule has 0 aliphatic carbocycles. The quantitative estimate of drug-likeness (QED) is 0.687. The van der Waals surface area contributed by atoms with Crippen molar-refractivity contribution < 1.29 is 4.79 Å². The molecule has 1 heterocycles. The molecule has 0 radical (unpaired) electrons. The molecular weight excluding hydrogens is 198 g/mol. The number of nitrogens with one attached hydrogen (secondary N) is 1. The van der Waals surface area contributed by atoms with Gasteiger partial charge in [-0.2, -0.15) is 0 Å². The summed E-state index contributed by atoms with van der Waals surface area (Å²) in [5.74, 6) is -0.236. The Morgan fingerprint density at radius 1 is 1.71 bits per heavy atom. The van der Waals surface area contributed by atoms with Crippen molar-refractivity contribution in [1.82, 2.24) is 10.3 Å². The van der Waals surface area contributed by atoms with Crippen LogP contribution in [0.25, 0.3) is 0 Å². The minimum absolute atomic E-state index is 0.236. The fourth-order valence-electron chi connectivity index (χ4n) is 1.09. The van der Waals surface area contributed by atoms with Crippen LogP contribution in [0.1, 0.15) is 22.7 Å². The minimum atomic E-state index is -0.236. The molecule has 0 fully saturated rings. The van der Waals surface area contributed by atoms with Crippen molar-refractivity contribution in [3.8, 4) is 0 Å². The van der Waals surface area contributed by atoms with Crippen molar-refractivity contribution in [2.45, 2.75) is 26.3 Å². The van der Waals surface area contributed by atoms with E-state index in [2.05, 4.69) is 10.3 Å². The maximum Gasteiger partial charge on any atom is 0.217 e. The second-order valence-corrected chi connectivity index (χ2v) is 4.41. The predicted molar refractivity (Wildman–Crippen MR) is 57.0 cm³/mol. The number of amides is 1. The summed E-state index contributed by atoms with van der Waals surface area (Å²) in [5.41, 5.74) is 5.01. The van der Waals surface area contributed by atoms with E-state index >= 15 is 0 Å². The zero-order chi connectivity index (χ0) is 10.4. The zero-order valence-corrected chi connectivity index (χ0v) is 9.06. The smallest absolute Gasteiger partial charge is 0.217 e. The van der Waals surface area contributed by atoms with Crippen LogP contribution in [-0.2, 0) is 11.3 Å². The van der Waals surface area contributed by atoms with Crippen LogP contribution in [0.2, 0.25) is 0 Å². The number of thiazole rings is 1. The zero-order valence-electron chi connectivity index (χ0n) is 8.25. The molecule has 14 heavy (non-hydrogen) atoms. The van der Waals surface area contributed by atoms with Gasteiger partial charge in [0.25, 0.3) is 0 Å². The van der Waals surface area contributed by atoms with Crippen molar-refractivity contribution in [2.24, 2.45) is 5.73 Å². The molecule has 1 aromatic heterocycles. The van der Waals surface area contributed by atoms with Gasteiger partial charge in [-0.3, -0.25) is 4.79 Å². The van der Waals surface area contributed by atoms with E-state index in [9.17, 15) is 4.79 Å². The number of carbonyl (C=O) groups excluding carboxylic acids is 1. The van der Waals surface area contributed by atoms with E-state index in [0.717, 1.165) is 24.5 Å². The topological polar surface area (TPSA) is 68.0 Å². The highest BCUT2D eigenvalue weighted by atomic mass is 32.1. The molecule has 0 bridgehead atoms. The molecular formula is C9H15N3OS. The summed E-state index contributed by atoms with van der Waals surface area (Å²) in [5, 5.41) is 4.32. The van der Waals surface area contributed by atoms with Crippen LogP contribution >= 0.6 is 11.3 Å². The van der Waals surface area contributed by atoms with Crippen LogP contribution in [0.15, 0.2) is 6.20 Å². The summed E-state index contributed by atoms with van der Waals surface area (Å²) >= 11 is 1.69. The summed E-state index contributed by atoms with van der Waals surface area (Å²) in [6.07, 6.45) is 3.13. The second kappa shape index (κ2) is 5.72. The van der Waals surface area contributed by atoms with Crippen LogP contribution in [0.4, 0.5) is 0 Å². The molecule has 0 saturated carbocycles. The highest BCUT2D eigenvalue weighted by molar-refractivity contribution is 7.11. The SMILES string of the molecule is Cc1ncc(CNCCCC(N)=O)s1. The van der Waals surface area contributed by atoms with Gasteiger partial charge in [-0.1, -0.05) is 0 Å². The Hall–Kier alpha value is -0.940. The minimum Gasteiger partial charge on any atom is -0.370 e. The van der Waals surface area contributed by atoms with Crippen LogP contribution in [0, 0.1) is 6.92 Å². The predicted octanol–water partition coefficient (Wildman–Crippen LogP) is 0.807. The average molecular weight is 213 g/mol. The van der Waals surface area contributed by atoms with Crippen molar-refractivity contribution in [2.75, 3.05) is 6.54 Å². The number of carbonyl (C=O) groups is 1. The molecule has 0 saturated heterocycles. The van der Waals surface area contributed by atoms with Crippen LogP contribution in [0.3, 0.4) is 0 Å². The molecule has 0 spiro atoms. The Kier molecular flexibility index (Phi) is 4.55. The third-order valence-corrected chi connectivity index (χ3v) is 2.66. The van der Waals surface area contributed by atoms with Gasteiger partial charge in [0, 0.05) is 24.0 Å². The largest absolute Gasteiger partial charge is 0.370 e. The number of aromatic nitrogens is 1. The summed E-state index contributed by atoms with van der Waals surface area (Å²) in [4.78, 5) is 15.8. The van der Waals surface area contributed by atoms with Gasteiger partial charge in [-0.15, -0.1) is 11.3 Å². The van der Waals surface area contributed by atoms with Gasteiger partial charge < -0.3 is 11.1 Å². The first kappa shape index (κ1) is 11.1. The lowest BCUT2D eigenvalue weighted by molar-refractivity contribution is -0.118. The first-order valence-electron chi connectivity index (χ1n) is 4.59. The number of hydrogen-bond donors (Lipinski definition) is 2. The Morgan fingerprint density at radius 3 is 3.07 bits per heavy atom. The summed E-state index contributed by atoms with van der Waals surface area (Å²) < 4.78 is 0. The molecule has 0 atom stereocenters. The fraction of sp³-hybridized carbons (Fsp3) is 0.556. The number of aryl methyl sites for hydroxylation is 1. The van der Waals surface area contributed by atoms with Gasteiger partial charge in [-0.25, -0.2) is 4.98 Å². The van der Waals surface area contributed by atoms with E-state index in [1.54, 1.807) is 11.3 Å². The lowest BCUT2D eigenvalue weighted by Crippen LogP contribution is -2.17. The van der Waals surface area contributed by atoms with E-state index in [1.165, 1.54) is 4.88 Å². The van der Waals surface area contributed by atoms with E-state index in [0.29, 0.717) is 6.42 Å². The number of primary amides is 1. The van der Waals surface area contributed by atoms with Crippen LogP contribution in [0.5, 0.6) is 0 Å². The van der Waals surface area contributed by atoms with Gasteiger partial charge in [0.05, 0.1) is 5.01 Å². The lowest BCUT2D eigenvalue weighted by atomic mass is 10.3. The third kappa shape index (κ3) is 4.34. The van der Waals surface area contributed by atoms with Crippen LogP contribution in [-0.4, -0.2) is 17.4 Å². The highest BCUT2D eigenvalue weighted by Gasteiger charge is 1.97. The third-order valence-electron chi connectivity index (χ3n) is 1.75. The molecule has 78 valence electrons. The van der Waals surface area contributed by atoms with Gasteiger partial charge in [0.15, 0.2) is 0 Å². The summed E-state index contributed by atoms with van der Waals surface area (Å²) in [6.45, 7) is 3.63. The molecule has 3 N–H and O–H groups in total. The van der Waals surface area contributed by atoms with Crippen LogP contribution < -0.4 is 11.1 Å². The monoisotopic (exact) mass is 213 g/mol. The Bertz CT molecular complexity index is 298. The van der Waals surface area contributed by atoms with E-state index in [1.807, 2.05) is 13.1 Å². The molecule has 0 aliphatic heterocycles. The van der Waals surface area contributed by atoms with Crippen molar-refractivity contribution in [1.29, 1.82) is 0 Å². The number of hydrogen-bond acceptors (Lipinski definition) is 4. The molecule has 1 rings (SSSR count). The summed E-state index contributed by atoms with van der Waals surface area (Å²) in [6, 6.07) is 0. The van der Waals surface area contributed by atoms with Gasteiger partial charge in [-0.05, 0) is 19.9 Å². The van der Waals surface area contributed by atoms with E-state index in [4.69, 9.17) is 5.73 Å². The fourth-order valence-corrected chi connectivity index (χ4v) is 1.85. The molecule has 1 amide bonds. The molecule has 0 aromatic carbocycles. The van der Waals surface area contributed by atoms with Crippen molar-refractivity contribution >= 4 is 17.2 Å². The Balaban J connectivity index is 2.07. The number of rotatable bonds is 6. The maximum absolute atomic E-state index is 10.4. The molecule has 0 unspecified atom stereocenters. The number of nitrogens with zero attached hydrogens (tertiary/aromatic N) is 1. The molecule has 0 aliphatic rings. The molecule has 5 heteroatoms. The average Bonchev–Trinajstić information content (AvgIpc) is 2.50. The first-order valence-corrected chi connectivity index (χ1v) is 5.40. The van der Waals surface area contributed by atoms with Crippen molar-refractivity contribution in [3.63, 3.8) is 0 Å². The lowest BCUT2D eigenvalue weighted by Gasteiger charge is -2.00. The molecule has 4 nitrogen and oxygen atoms in total. The summed E-state index contributed by atoms with van der Waals surface area (Å²) in [7, 11) is 0.